The average molecular weight is 509 g/mol. The maximum absolute atomic E-state index is 3.81. The molecule has 4 saturated carbocycles. The molecule has 0 aromatic rings. The Labute approximate surface area is 215 Å². The average Bonchev–Trinajstić information content (AvgIpc) is 2.85. The van der Waals surface area contributed by atoms with Crippen molar-refractivity contribution in [1.29, 1.82) is 0 Å². The van der Waals surface area contributed by atoms with E-state index in [2.05, 4.69) is 58.5 Å². The highest BCUT2D eigenvalue weighted by atomic mass is 32.2. The first-order chi connectivity index (χ1) is 15.8. The highest BCUT2D eigenvalue weighted by Gasteiger charge is 2.22. The first-order valence-electron chi connectivity index (χ1n) is 13.8. The highest BCUT2D eigenvalue weighted by Crippen LogP contribution is 2.44. The Bertz CT molecular complexity index is 534. The molecule has 0 atom stereocenters. The summed E-state index contributed by atoms with van der Waals surface area (Å²) in [6.45, 7) is 0. The minimum absolute atomic E-state index is 0.824. The monoisotopic (exact) mass is 508 g/mol. The van der Waals surface area contributed by atoms with Crippen molar-refractivity contribution in [1.82, 2.24) is 0 Å². The van der Waals surface area contributed by atoms with Crippen molar-refractivity contribution >= 4 is 47.0 Å². The molecule has 4 heteroatoms. The fourth-order valence-corrected chi connectivity index (χ4v) is 11.6. The van der Waals surface area contributed by atoms with Crippen LogP contribution in [0.15, 0.2) is 19.9 Å². The van der Waals surface area contributed by atoms with Crippen LogP contribution in [0, 0.1) is 0 Å². The predicted octanol–water partition coefficient (Wildman–Crippen LogP) is 10.7. The van der Waals surface area contributed by atoms with Gasteiger partial charge >= 0.3 is 0 Å². The molecule has 4 aliphatic carbocycles. The van der Waals surface area contributed by atoms with E-state index in [1.165, 1.54) is 137 Å². The molecule has 0 aromatic carbocycles. The van der Waals surface area contributed by atoms with Crippen LogP contribution in [0.5, 0.6) is 0 Å². The third-order valence-corrected chi connectivity index (χ3v) is 13.2. The van der Waals surface area contributed by atoms with Gasteiger partial charge in [-0.25, -0.2) is 0 Å². The van der Waals surface area contributed by atoms with Crippen LogP contribution in [0.4, 0.5) is 0 Å². The van der Waals surface area contributed by atoms with Crippen molar-refractivity contribution in [3.05, 3.63) is 19.9 Å². The molecule has 0 aliphatic heterocycles. The van der Waals surface area contributed by atoms with E-state index in [0.29, 0.717) is 0 Å². The lowest BCUT2D eigenvalue weighted by Gasteiger charge is -2.25. The van der Waals surface area contributed by atoms with Crippen LogP contribution in [0.25, 0.3) is 0 Å². The predicted molar refractivity (Wildman–Crippen MR) is 152 cm³/mol. The molecule has 0 amide bonds. The molecule has 0 bridgehead atoms. The fourth-order valence-electron chi connectivity index (χ4n) is 5.61. The molecular weight excluding hydrogens is 465 g/mol. The highest BCUT2D eigenvalue weighted by molar-refractivity contribution is 8.23. The standard InChI is InChI=1S/C28H44S4/c1-5-13-23(14-6-1)29-27(30-24-15-7-2-8-16-24)21-22-28(31-25-17-9-3-10-18-25)32-26-19-11-4-12-20-26/h23-26H,1-20H2. The SMILES string of the molecule is C(=C=C(SC1CCCCC1)SC1CCCCC1)=C(SC1CCCCC1)SC1CCCCC1. The van der Waals surface area contributed by atoms with Crippen molar-refractivity contribution in [2.45, 2.75) is 149 Å². The van der Waals surface area contributed by atoms with E-state index in [4.69, 9.17) is 0 Å². The van der Waals surface area contributed by atoms with Gasteiger partial charge in [0.05, 0.1) is 8.47 Å². The van der Waals surface area contributed by atoms with Gasteiger partial charge in [0.15, 0.2) is 0 Å². The number of thioether (sulfide) groups is 4. The minimum Gasteiger partial charge on any atom is -0.107 e. The minimum atomic E-state index is 0.824. The van der Waals surface area contributed by atoms with Crippen LogP contribution in [-0.2, 0) is 0 Å². The van der Waals surface area contributed by atoms with Crippen molar-refractivity contribution in [3.8, 4) is 0 Å². The molecule has 0 spiro atoms. The summed E-state index contributed by atoms with van der Waals surface area (Å²) in [4.78, 5) is 0. The van der Waals surface area contributed by atoms with Gasteiger partial charge in [-0.2, -0.15) is 0 Å². The molecule has 0 radical (unpaired) electrons. The molecule has 0 aromatic heterocycles. The lowest BCUT2D eigenvalue weighted by atomic mass is 10.0. The van der Waals surface area contributed by atoms with E-state index in [-0.39, 0.29) is 0 Å². The molecule has 0 saturated heterocycles. The molecule has 0 heterocycles. The van der Waals surface area contributed by atoms with Gasteiger partial charge in [-0.3, -0.25) is 0 Å². The molecule has 0 unspecified atom stereocenters. The Morgan fingerprint density at radius 1 is 0.344 bits per heavy atom. The third-order valence-electron chi connectivity index (χ3n) is 7.57. The topological polar surface area (TPSA) is 0 Å². The zero-order chi connectivity index (χ0) is 21.8. The first kappa shape index (κ1) is 25.8. The maximum Gasteiger partial charge on any atom is 0.0914 e. The molecular formula is C28H44S4. The molecule has 0 N–H and O–H groups in total. The Hall–Kier alpha value is 0.700. The zero-order valence-electron chi connectivity index (χ0n) is 20.1. The van der Waals surface area contributed by atoms with Crippen molar-refractivity contribution in [3.63, 3.8) is 0 Å². The van der Waals surface area contributed by atoms with Crippen LogP contribution in [-0.4, -0.2) is 21.0 Å². The molecule has 180 valence electrons. The molecule has 32 heavy (non-hydrogen) atoms. The Kier molecular flexibility index (Phi) is 12.0. The normalized spacial score (nSPS) is 24.6. The van der Waals surface area contributed by atoms with Crippen LogP contribution in [0.3, 0.4) is 0 Å². The van der Waals surface area contributed by atoms with Crippen LogP contribution < -0.4 is 0 Å². The van der Waals surface area contributed by atoms with E-state index in [1.54, 1.807) is 0 Å². The summed E-state index contributed by atoms with van der Waals surface area (Å²) in [5.74, 6) is 0. The van der Waals surface area contributed by atoms with E-state index in [9.17, 15) is 0 Å². The molecule has 4 fully saturated rings. The lowest BCUT2D eigenvalue weighted by molar-refractivity contribution is 0.515. The van der Waals surface area contributed by atoms with Crippen LogP contribution >= 0.6 is 47.0 Å². The van der Waals surface area contributed by atoms with E-state index >= 15 is 0 Å². The summed E-state index contributed by atoms with van der Waals surface area (Å²) in [6, 6.07) is 0. The first-order valence-corrected chi connectivity index (χ1v) is 17.3. The van der Waals surface area contributed by atoms with Gasteiger partial charge < -0.3 is 0 Å². The Balaban J connectivity index is 1.52. The smallest absolute Gasteiger partial charge is 0.0914 e. The summed E-state index contributed by atoms with van der Waals surface area (Å²) in [5.41, 5.74) is 7.61. The van der Waals surface area contributed by atoms with Gasteiger partial charge in [-0.05, 0) is 62.8 Å². The summed E-state index contributed by atoms with van der Waals surface area (Å²) in [7, 11) is 0. The molecule has 0 nitrogen and oxygen atoms in total. The summed E-state index contributed by atoms with van der Waals surface area (Å²) in [5, 5.41) is 3.29. The molecule has 4 rings (SSSR count). The van der Waals surface area contributed by atoms with Gasteiger partial charge in [-0.15, -0.1) is 47.0 Å². The van der Waals surface area contributed by atoms with Crippen LogP contribution in [0.1, 0.15) is 128 Å². The van der Waals surface area contributed by atoms with Gasteiger partial charge in [0.1, 0.15) is 0 Å². The third kappa shape index (κ3) is 9.39. The zero-order valence-corrected chi connectivity index (χ0v) is 23.4. The number of hydrogen-bond acceptors (Lipinski definition) is 4. The number of hydrogen-bond donors (Lipinski definition) is 0. The summed E-state index contributed by atoms with van der Waals surface area (Å²) in [6.07, 6.45) is 28.5. The largest absolute Gasteiger partial charge is 0.107 e. The van der Waals surface area contributed by atoms with Crippen molar-refractivity contribution in [2.24, 2.45) is 0 Å². The second-order valence-electron chi connectivity index (χ2n) is 10.3. The van der Waals surface area contributed by atoms with Crippen molar-refractivity contribution in [2.75, 3.05) is 0 Å². The van der Waals surface area contributed by atoms with Crippen molar-refractivity contribution < 1.29 is 0 Å². The van der Waals surface area contributed by atoms with Crippen LogP contribution in [0.2, 0.25) is 0 Å². The fraction of sp³-hybridized carbons (Fsp3) is 0.857. The lowest BCUT2D eigenvalue weighted by Crippen LogP contribution is -2.10. The summed E-state index contributed by atoms with van der Waals surface area (Å²) >= 11 is 8.67. The maximum atomic E-state index is 3.81. The van der Waals surface area contributed by atoms with E-state index in [1.807, 2.05) is 0 Å². The van der Waals surface area contributed by atoms with E-state index < -0.39 is 0 Å². The second-order valence-corrected chi connectivity index (χ2v) is 16.1. The molecule has 4 aliphatic rings. The van der Waals surface area contributed by atoms with Gasteiger partial charge in [0.25, 0.3) is 0 Å². The van der Waals surface area contributed by atoms with Gasteiger partial charge in [-0.1, -0.05) is 77.0 Å². The van der Waals surface area contributed by atoms with E-state index in [0.717, 1.165) is 21.0 Å². The summed E-state index contributed by atoms with van der Waals surface area (Å²) < 4.78 is 2.93. The Morgan fingerprint density at radius 3 is 0.781 bits per heavy atom. The second kappa shape index (κ2) is 15.0. The number of rotatable bonds is 8. The van der Waals surface area contributed by atoms with Gasteiger partial charge in [0, 0.05) is 21.0 Å². The quantitative estimate of drug-likeness (QED) is 0.299. The Morgan fingerprint density at radius 2 is 0.562 bits per heavy atom. The van der Waals surface area contributed by atoms with Gasteiger partial charge in [0.2, 0.25) is 0 Å².